The Bertz CT molecular complexity index is 385. The second kappa shape index (κ2) is 7.06. The van der Waals surface area contributed by atoms with Crippen LogP contribution in [0.5, 0.6) is 0 Å². The molecule has 0 amide bonds. The molecule has 1 aromatic carbocycles. The van der Waals surface area contributed by atoms with Crippen LogP contribution in [-0.4, -0.2) is 39.3 Å². The van der Waals surface area contributed by atoms with Crippen LogP contribution in [0.3, 0.4) is 0 Å². The van der Waals surface area contributed by atoms with Crippen molar-refractivity contribution in [3.05, 3.63) is 35.4 Å². The first-order valence-electron chi connectivity index (χ1n) is 7.97. The van der Waals surface area contributed by atoms with Crippen LogP contribution in [0.15, 0.2) is 24.3 Å². The molecule has 1 aliphatic rings. The monoisotopic (exact) mass is 262 g/mol. The SMILES string of the molecule is CC[NH+](CC)CC[NH+](C)[C@@H]1CCc2ccccc2C1. The molecule has 0 saturated carbocycles. The van der Waals surface area contributed by atoms with Crippen LogP contribution in [0.2, 0.25) is 0 Å². The van der Waals surface area contributed by atoms with E-state index < -0.39 is 0 Å². The summed E-state index contributed by atoms with van der Waals surface area (Å²) in [5, 5.41) is 0. The molecule has 2 atom stereocenters. The lowest BCUT2D eigenvalue weighted by Crippen LogP contribution is -3.20. The number of hydrogen-bond donors (Lipinski definition) is 2. The predicted molar refractivity (Wildman–Crippen MR) is 80.9 cm³/mol. The van der Waals surface area contributed by atoms with Gasteiger partial charge in [0, 0.05) is 12.8 Å². The largest absolute Gasteiger partial charge is 0.331 e. The van der Waals surface area contributed by atoms with Gasteiger partial charge in [0.25, 0.3) is 0 Å². The van der Waals surface area contributed by atoms with Crippen LogP contribution in [0, 0.1) is 0 Å². The Morgan fingerprint density at radius 1 is 1.05 bits per heavy atom. The summed E-state index contributed by atoms with van der Waals surface area (Å²) in [5.74, 6) is 0. The van der Waals surface area contributed by atoms with Crippen LogP contribution in [0.1, 0.15) is 31.4 Å². The van der Waals surface area contributed by atoms with E-state index >= 15 is 0 Å². The highest BCUT2D eigenvalue weighted by atomic mass is 15.2. The van der Waals surface area contributed by atoms with E-state index in [-0.39, 0.29) is 0 Å². The van der Waals surface area contributed by atoms with Gasteiger partial charge in [0.2, 0.25) is 0 Å². The van der Waals surface area contributed by atoms with Crippen molar-refractivity contribution in [1.82, 2.24) is 0 Å². The first-order chi connectivity index (χ1) is 9.24. The molecule has 1 aliphatic carbocycles. The molecule has 0 saturated heterocycles. The number of likely N-dealkylation sites (N-methyl/N-ethyl adjacent to an activating group) is 2. The molecule has 0 radical (unpaired) electrons. The minimum absolute atomic E-state index is 0.824. The average molecular weight is 262 g/mol. The van der Waals surface area contributed by atoms with Crippen LogP contribution >= 0.6 is 0 Å². The van der Waals surface area contributed by atoms with Gasteiger partial charge in [-0.2, -0.15) is 0 Å². The zero-order valence-corrected chi connectivity index (χ0v) is 12.8. The van der Waals surface area contributed by atoms with Crippen molar-refractivity contribution in [1.29, 1.82) is 0 Å². The third-order valence-electron chi connectivity index (χ3n) is 4.92. The molecule has 2 heteroatoms. The lowest BCUT2D eigenvalue weighted by Gasteiger charge is -2.30. The molecule has 0 spiro atoms. The fraction of sp³-hybridized carbons (Fsp3) is 0.647. The third kappa shape index (κ3) is 3.80. The van der Waals surface area contributed by atoms with Crippen molar-refractivity contribution < 1.29 is 9.80 Å². The molecular weight excluding hydrogens is 232 g/mol. The Kier molecular flexibility index (Phi) is 5.41. The van der Waals surface area contributed by atoms with Crippen molar-refractivity contribution >= 4 is 0 Å². The standard InChI is InChI=1S/C17H28N2/c1-4-19(5-2)13-12-18(3)17-11-10-15-8-6-7-9-16(15)14-17/h6-9,17H,4-5,10-14H2,1-3H3/p+2/t17-/m1/s1. The van der Waals surface area contributed by atoms with Crippen molar-refractivity contribution in [2.45, 2.75) is 39.2 Å². The first kappa shape index (κ1) is 14.5. The molecule has 1 aromatic rings. The topological polar surface area (TPSA) is 8.88 Å². The van der Waals surface area contributed by atoms with Gasteiger partial charge in [-0.05, 0) is 31.4 Å². The molecular formula is C17H30N2+2. The van der Waals surface area contributed by atoms with Crippen LogP contribution < -0.4 is 9.80 Å². The molecule has 2 N–H and O–H groups in total. The molecule has 0 bridgehead atoms. The summed E-state index contributed by atoms with van der Waals surface area (Å²) < 4.78 is 0. The highest BCUT2D eigenvalue weighted by molar-refractivity contribution is 5.29. The van der Waals surface area contributed by atoms with Crippen molar-refractivity contribution in [3.8, 4) is 0 Å². The van der Waals surface area contributed by atoms with E-state index in [9.17, 15) is 0 Å². The van der Waals surface area contributed by atoms with Crippen molar-refractivity contribution in [2.75, 3.05) is 33.2 Å². The number of hydrogen-bond acceptors (Lipinski definition) is 0. The molecule has 0 aromatic heterocycles. The molecule has 0 fully saturated rings. The van der Waals surface area contributed by atoms with Crippen LogP contribution in [0.25, 0.3) is 0 Å². The molecule has 0 heterocycles. The maximum absolute atomic E-state index is 2.39. The zero-order chi connectivity index (χ0) is 13.7. The highest BCUT2D eigenvalue weighted by Gasteiger charge is 2.25. The molecule has 2 nitrogen and oxygen atoms in total. The summed E-state index contributed by atoms with van der Waals surface area (Å²) in [4.78, 5) is 3.46. The number of fused-ring (bicyclic) bond motifs is 1. The zero-order valence-electron chi connectivity index (χ0n) is 12.8. The lowest BCUT2D eigenvalue weighted by atomic mass is 9.88. The van der Waals surface area contributed by atoms with Gasteiger partial charge in [0.1, 0.15) is 13.1 Å². The van der Waals surface area contributed by atoms with Crippen molar-refractivity contribution in [2.24, 2.45) is 0 Å². The average Bonchev–Trinajstić information content (AvgIpc) is 2.47. The normalized spacial score (nSPS) is 20.3. The lowest BCUT2D eigenvalue weighted by molar-refractivity contribution is -0.959. The minimum atomic E-state index is 0.824. The number of aryl methyl sites for hydroxylation is 1. The van der Waals surface area contributed by atoms with Crippen molar-refractivity contribution in [3.63, 3.8) is 0 Å². The summed E-state index contributed by atoms with van der Waals surface area (Å²) in [5.41, 5.74) is 3.18. The fourth-order valence-corrected chi connectivity index (χ4v) is 3.30. The van der Waals surface area contributed by atoms with Gasteiger partial charge in [0.05, 0.1) is 26.2 Å². The van der Waals surface area contributed by atoms with E-state index in [1.54, 1.807) is 20.9 Å². The molecule has 2 rings (SSSR count). The minimum Gasteiger partial charge on any atom is -0.331 e. The number of rotatable bonds is 6. The Balaban J connectivity index is 1.86. The van der Waals surface area contributed by atoms with E-state index in [2.05, 4.69) is 45.2 Å². The Hall–Kier alpha value is -0.860. The quantitative estimate of drug-likeness (QED) is 0.713. The Labute approximate surface area is 118 Å². The highest BCUT2D eigenvalue weighted by Crippen LogP contribution is 2.19. The van der Waals surface area contributed by atoms with E-state index in [4.69, 9.17) is 0 Å². The summed E-state index contributed by atoms with van der Waals surface area (Å²) in [6, 6.07) is 9.83. The van der Waals surface area contributed by atoms with Gasteiger partial charge < -0.3 is 9.80 Å². The van der Waals surface area contributed by atoms with Gasteiger partial charge in [-0.1, -0.05) is 24.3 Å². The smallest absolute Gasteiger partial charge is 0.127 e. The molecule has 0 aliphatic heterocycles. The maximum atomic E-state index is 2.39. The second-order valence-electron chi connectivity index (χ2n) is 6.01. The summed E-state index contributed by atoms with van der Waals surface area (Å²) in [7, 11) is 2.39. The van der Waals surface area contributed by atoms with E-state index in [1.807, 2.05) is 0 Å². The summed E-state index contributed by atoms with van der Waals surface area (Å²) in [6.07, 6.45) is 3.91. The molecule has 19 heavy (non-hydrogen) atoms. The third-order valence-corrected chi connectivity index (χ3v) is 4.92. The van der Waals surface area contributed by atoms with E-state index in [0.717, 1.165) is 6.04 Å². The summed E-state index contributed by atoms with van der Waals surface area (Å²) in [6.45, 7) is 9.74. The van der Waals surface area contributed by atoms with E-state index in [1.165, 1.54) is 45.4 Å². The van der Waals surface area contributed by atoms with E-state index in [0.29, 0.717) is 0 Å². The van der Waals surface area contributed by atoms with Gasteiger partial charge in [0.15, 0.2) is 0 Å². The fourth-order valence-electron chi connectivity index (χ4n) is 3.30. The first-order valence-corrected chi connectivity index (χ1v) is 7.97. The van der Waals surface area contributed by atoms with Gasteiger partial charge in [-0.25, -0.2) is 0 Å². The van der Waals surface area contributed by atoms with Gasteiger partial charge in [-0.15, -0.1) is 0 Å². The Morgan fingerprint density at radius 3 is 2.42 bits per heavy atom. The molecule has 106 valence electrons. The summed E-state index contributed by atoms with van der Waals surface area (Å²) >= 11 is 0. The van der Waals surface area contributed by atoms with Crippen LogP contribution in [0.4, 0.5) is 0 Å². The predicted octanol–water partition coefficient (Wildman–Crippen LogP) is -0.0167. The maximum Gasteiger partial charge on any atom is 0.127 e. The molecule has 1 unspecified atom stereocenters. The second-order valence-corrected chi connectivity index (χ2v) is 6.01. The van der Waals surface area contributed by atoms with Gasteiger partial charge >= 0.3 is 0 Å². The number of benzene rings is 1. The van der Waals surface area contributed by atoms with Crippen LogP contribution in [-0.2, 0) is 12.8 Å². The number of quaternary nitrogens is 2. The Morgan fingerprint density at radius 2 is 1.74 bits per heavy atom. The number of nitrogens with one attached hydrogen (secondary N) is 2. The van der Waals surface area contributed by atoms with Gasteiger partial charge in [-0.3, -0.25) is 0 Å².